The van der Waals surface area contributed by atoms with Gasteiger partial charge in [0.1, 0.15) is 18.0 Å². The average Bonchev–Trinajstić information content (AvgIpc) is 3.02. The van der Waals surface area contributed by atoms with Crippen LogP contribution in [-0.2, 0) is 14.2 Å². The van der Waals surface area contributed by atoms with Crippen LogP contribution in [0.3, 0.4) is 0 Å². The van der Waals surface area contributed by atoms with E-state index >= 15 is 0 Å². The van der Waals surface area contributed by atoms with Crippen LogP contribution in [0, 0.1) is 0 Å². The summed E-state index contributed by atoms with van der Waals surface area (Å²) in [5, 5.41) is 1.98. The van der Waals surface area contributed by atoms with E-state index in [1.165, 1.54) is 0 Å². The molecule has 3 rings (SSSR count). The van der Waals surface area contributed by atoms with Crippen molar-refractivity contribution in [2.24, 2.45) is 0 Å². The van der Waals surface area contributed by atoms with Crippen LogP contribution in [-0.4, -0.2) is 49.3 Å². The minimum Gasteiger partial charge on any atom is -0.491 e. The lowest BCUT2D eigenvalue weighted by atomic mass is 10.1. The molecule has 0 radical (unpaired) electrons. The van der Waals surface area contributed by atoms with Crippen LogP contribution >= 0.6 is 0 Å². The molecular formula is C24H31NO5. The lowest BCUT2D eigenvalue weighted by Crippen LogP contribution is -2.27. The summed E-state index contributed by atoms with van der Waals surface area (Å²) < 4.78 is 24.0. The molecular weight excluding hydrogens is 382 g/mol. The lowest BCUT2D eigenvalue weighted by Gasteiger charge is -2.20. The number of rotatable bonds is 9. The highest BCUT2D eigenvalue weighted by molar-refractivity contribution is 6.12. The predicted molar refractivity (Wildman–Crippen MR) is 119 cm³/mol. The first-order valence-corrected chi connectivity index (χ1v) is 10.5. The maximum Gasteiger partial charge on any atom is 0.419 e. The predicted octanol–water partition coefficient (Wildman–Crippen LogP) is 5.40. The minimum absolute atomic E-state index is 0.402. The molecule has 162 valence electrons. The molecule has 0 saturated carbocycles. The van der Waals surface area contributed by atoms with E-state index in [1.807, 2.05) is 63.2 Å². The Hall–Kier alpha value is -2.57. The second-order valence-electron chi connectivity index (χ2n) is 8.09. The first kappa shape index (κ1) is 22.1. The molecule has 0 aliphatic carbocycles. The van der Waals surface area contributed by atoms with Gasteiger partial charge in [-0.3, -0.25) is 0 Å². The maximum atomic E-state index is 12.9. The van der Waals surface area contributed by atoms with Crippen LogP contribution in [0.4, 0.5) is 4.79 Å². The van der Waals surface area contributed by atoms with Crippen molar-refractivity contribution in [2.75, 3.05) is 33.0 Å². The van der Waals surface area contributed by atoms with Crippen LogP contribution in [0.5, 0.6) is 5.75 Å². The first-order valence-electron chi connectivity index (χ1n) is 10.5. The Bertz CT molecular complexity index is 986. The number of carbonyl (C=O) groups excluding carboxylic acids is 1. The SMILES string of the molecule is CCCOCCOCCOc1ccc2c3ccccc3n(C(=O)OC(C)(C)C)c2c1. The van der Waals surface area contributed by atoms with Crippen molar-refractivity contribution in [3.8, 4) is 5.75 Å². The third-order valence-corrected chi connectivity index (χ3v) is 4.44. The minimum atomic E-state index is -0.582. The fraction of sp³-hybridized carbons (Fsp3) is 0.458. The van der Waals surface area contributed by atoms with Crippen molar-refractivity contribution < 1.29 is 23.7 Å². The zero-order valence-electron chi connectivity index (χ0n) is 18.3. The summed E-state index contributed by atoms with van der Waals surface area (Å²) in [6, 6.07) is 13.6. The van der Waals surface area contributed by atoms with Crippen molar-refractivity contribution in [3.05, 3.63) is 42.5 Å². The number of ether oxygens (including phenoxy) is 4. The Morgan fingerprint density at radius 2 is 1.53 bits per heavy atom. The number of aromatic nitrogens is 1. The van der Waals surface area contributed by atoms with Crippen molar-refractivity contribution >= 4 is 27.9 Å². The molecule has 6 heteroatoms. The van der Waals surface area contributed by atoms with E-state index in [4.69, 9.17) is 18.9 Å². The summed E-state index contributed by atoms with van der Waals surface area (Å²) in [6.07, 6.45) is 0.604. The number of nitrogens with zero attached hydrogens (tertiary/aromatic N) is 1. The topological polar surface area (TPSA) is 58.9 Å². The van der Waals surface area contributed by atoms with Crippen molar-refractivity contribution in [2.45, 2.75) is 39.7 Å². The van der Waals surface area contributed by atoms with Gasteiger partial charge in [-0.15, -0.1) is 0 Å². The molecule has 2 aromatic carbocycles. The molecule has 0 bridgehead atoms. The lowest BCUT2D eigenvalue weighted by molar-refractivity contribution is 0.0366. The highest BCUT2D eigenvalue weighted by Gasteiger charge is 2.22. The maximum absolute atomic E-state index is 12.9. The normalized spacial score (nSPS) is 11.9. The molecule has 0 aliphatic rings. The third-order valence-electron chi connectivity index (χ3n) is 4.44. The second-order valence-corrected chi connectivity index (χ2v) is 8.09. The van der Waals surface area contributed by atoms with E-state index in [-0.39, 0.29) is 0 Å². The number of benzene rings is 2. The van der Waals surface area contributed by atoms with Gasteiger partial charge in [0.15, 0.2) is 0 Å². The summed E-state index contributed by atoms with van der Waals surface area (Å²) in [6.45, 7) is 10.5. The third kappa shape index (κ3) is 5.52. The van der Waals surface area contributed by atoms with Gasteiger partial charge < -0.3 is 18.9 Å². The molecule has 6 nitrogen and oxygen atoms in total. The van der Waals surface area contributed by atoms with Crippen molar-refractivity contribution in [1.82, 2.24) is 4.57 Å². The summed E-state index contributed by atoms with van der Waals surface area (Å²) in [7, 11) is 0. The number of hydrogen-bond donors (Lipinski definition) is 0. The highest BCUT2D eigenvalue weighted by atomic mass is 16.6. The molecule has 0 N–H and O–H groups in total. The monoisotopic (exact) mass is 413 g/mol. The molecule has 1 heterocycles. The van der Waals surface area contributed by atoms with E-state index < -0.39 is 11.7 Å². The van der Waals surface area contributed by atoms with Crippen LogP contribution < -0.4 is 4.74 Å². The molecule has 0 aliphatic heterocycles. The number of para-hydroxylation sites is 1. The summed E-state index contributed by atoms with van der Waals surface area (Å²) >= 11 is 0. The molecule has 0 spiro atoms. The molecule has 0 unspecified atom stereocenters. The van der Waals surface area contributed by atoms with Gasteiger partial charge in [0, 0.05) is 23.4 Å². The standard InChI is InChI=1S/C24H31NO5/c1-5-12-27-13-14-28-15-16-29-18-10-11-20-19-8-6-7-9-21(19)25(22(20)17-18)23(26)30-24(2,3)4/h6-11,17H,5,12-16H2,1-4H3. The van der Waals surface area contributed by atoms with Gasteiger partial charge >= 0.3 is 6.09 Å². The first-order chi connectivity index (χ1) is 14.4. The molecule has 0 atom stereocenters. The summed E-state index contributed by atoms with van der Waals surface area (Å²) in [5.74, 6) is 0.681. The largest absolute Gasteiger partial charge is 0.491 e. The zero-order valence-corrected chi connectivity index (χ0v) is 18.3. The van der Waals surface area contributed by atoms with Gasteiger partial charge in [0.2, 0.25) is 0 Å². The zero-order chi connectivity index (χ0) is 21.6. The molecule has 1 aromatic heterocycles. The van der Waals surface area contributed by atoms with E-state index in [1.54, 1.807) is 4.57 Å². The van der Waals surface area contributed by atoms with Crippen molar-refractivity contribution in [1.29, 1.82) is 0 Å². The van der Waals surface area contributed by atoms with Crippen LogP contribution in [0.2, 0.25) is 0 Å². The highest BCUT2D eigenvalue weighted by Crippen LogP contribution is 2.32. The number of hydrogen-bond acceptors (Lipinski definition) is 5. The van der Waals surface area contributed by atoms with Crippen molar-refractivity contribution in [3.63, 3.8) is 0 Å². The molecule has 30 heavy (non-hydrogen) atoms. The van der Waals surface area contributed by atoms with Gasteiger partial charge in [-0.05, 0) is 45.4 Å². The molecule has 0 fully saturated rings. The van der Waals surface area contributed by atoms with Gasteiger partial charge in [0.25, 0.3) is 0 Å². The fourth-order valence-corrected chi connectivity index (χ4v) is 3.23. The second kappa shape index (κ2) is 9.96. The quantitative estimate of drug-likeness (QED) is 0.440. The van der Waals surface area contributed by atoms with Gasteiger partial charge in [0.05, 0.1) is 30.9 Å². The Kier molecular flexibility index (Phi) is 7.34. The van der Waals surface area contributed by atoms with Crippen LogP contribution in [0.15, 0.2) is 42.5 Å². The summed E-state index contributed by atoms with van der Waals surface area (Å²) in [4.78, 5) is 12.9. The van der Waals surface area contributed by atoms with E-state index in [2.05, 4.69) is 6.92 Å². The van der Waals surface area contributed by atoms with Crippen LogP contribution in [0.1, 0.15) is 34.1 Å². The molecule has 0 saturated heterocycles. The average molecular weight is 414 g/mol. The summed E-state index contributed by atoms with van der Waals surface area (Å²) in [5.41, 5.74) is 0.993. The van der Waals surface area contributed by atoms with E-state index in [0.29, 0.717) is 32.2 Å². The Morgan fingerprint density at radius 3 is 2.27 bits per heavy atom. The van der Waals surface area contributed by atoms with Gasteiger partial charge in [-0.2, -0.15) is 0 Å². The Balaban J connectivity index is 1.75. The van der Waals surface area contributed by atoms with E-state index in [9.17, 15) is 4.79 Å². The van der Waals surface area contributed by atoms with Gasteiger partial charge in [-0.1, -0.05) is 25.1 Å². The van der Waals surface area contributed by atoms with Gasteiger partial charge in [-0.25, -0.2) is 9.36 Å². The fourth-order valence-electron chi connectivity index (χ4n) is 3.23. The smallest absolute Gasteiger partial charge is 0.419 e. The molecule has 0 amide bonds. The number of fused-ring (bicyclic) bond motifs is 3. The molecule has 3 aromatic rings. The number of carbonyl (C=O) groups is 1. The van der Waals surface area contributed by atoms with E-state index in [0.717, 1.165) is 34.8 Å². The van der Waals surface area contributed by atoms with Crippen LogP contribution in [0.25, 0.3) is 21.8 Å². The Morgan fingerprint density at radius 1 is 0.867 bits per heavy atom. The Labute approximate surface area is 177 Å².